The Labute approximate surface area is 118 Å². The Morgan fingerprint density at radius 3 is 2.05 bits per heavy atom. The van der Waals surface area contributed by atoms with Crippen LogP contribution in [0.5, 0.6) is 11.5 Å². The van der Waals surface area contributed by atoms with Crippen molar-refractivity contribution in [1.82, 2.24) is 0 Å². The molecule has 0 aromatic heterocycles. The first-order chi connectivity index (χ1) is 9.20. The average Bonchev–Trinajstić information content (AvgIpc) is 2.48. The van der Waals surface area contributed by atoms with Gasteiger partial charge in [-0.2, -0.15) is 0 Å². The lowest BCUT2D eigenvalue weighted by atomic mass is 10.1. The molecular formula is C16H17ClO2. The fourth-order valence-electron chi connectivity index (χ4n) is 1.84. The highest BCUT2D eigenvalue weighted by Crippen LogP contribution is 2.28. The Morgan fingerprint density at radius 1 is 0.895 bits per heavy atom. The third kappa shape index (κ3) is 3.65. The number of rotatable bonds is 5. The predicted molar refractivity (Wildman–Crippen MR) is 78.1 cm³/mol. The summed E-state index contributed by atoms with van der Waals surface area (Å²) in [5.41, 5.74) is 1.06. The SMILES string of the molecule is COc1ccc(OC(C)C(Cl)c2ccccc2)cc1. The van der Waals surface area contributed by atoms with Gasteiger partial charge in [-0.1, -0.05) is 30.3 Å². The highest BCUT2D eigenvalue weighted by molar-refractivity contribution is 6.21. The van der Waals surface area contributed by atoms with Crippen LogP contribution in [-0.4, -0.2) is 13.2 Å². The van der Waals surface area contributed by atoms with Gasteiger partial charge in [0.25, 0.3) is 0 Å². The van der Waals surface area contributed by atoms with E-state index in [0.29, 0.717) is 0 Å². The van der Waals surface area contributed by atoms with Gasteiger partial charge < -0.3 is 9.47 Å². The maximum atomic E-state index is 6.42. The molecule has 2 nitrogen and oxygen atoms in total. The van der Waals surface area contributed by atoms with Crippen LogP contribution >= 0.6 is 11.6 Å². The molecule has 100 valence electrons. The van der Waals surface area contributed by atoms with E-state index < -0.39 is 0 Å². The van der Waals surface area contributed by atoms with E-state index in [4.69, 9.17) is 21.1 Å². The number of hydrogen-bond donors (Lipinski definition) is 0. The first-order valence-electron chi connectivity index (χ1n) is 6.20. The first-order valence-corrected chi connectivity index (χ1v) is 6.64. The fraction of sp³-hybridized carbons (Fsp3) is 0.250. The molecule has 2 unspecified atom stereocenters. The number of ether oxygens (including phenoxy) is 2. The molecule has 0 aliphatic carbocycles. The number of hydrogen-bond acceptors (Lipinski definition) is 2. The summed E-state index contributed by atoms with van der Waals surface area (Å²) in [6.45, 7) is 1.97. The normalized spacial score (nSPS) is 13.6. The minimum absolute atomic E-state index is 0.113. The third-order valence-corrected chi connectivity index (χ3v) is 3.52. The number of benzene rings is 2. The van der Waals surface area contributed by atoms with Crippen LogP contribution in [0.3, 0.4) is 0 Å². The molecule has 0 N–H and O–H groups in total. The van der Waals surface area contributed by atoms with E-state index in [1.54, 1.807) is 7.11 Å². The molecule has 3 heteroatoms. The Balaban J connectivity index is 2.01. The highest BCUT2D eigenvalue weighted by atomic mass is 35.5. The topological polar surface area (TPSA) is 18.5 Å². The van der Waals surface area contributed by atoms with E-state index in [1.165, 1.54) is 0 Å². The molecule has 0 bridgehead atoms. The van der Waals surface area contributed by atoms with Crippen molar-refractivity contribution < 1.29 is 9.47 Å². The summed E-state index contributed by atoms with van der Waals surface area (Å²) < 4.78 is 11.0. The van der Waals surface area contributed by atoms with Crippen molar-refractivity contribution in [3.63, 3.8) is 0 Å². The number of methoxy groups -OCH3 is 1. The maximum absolute atomic E-state index is 6.42. The van der Waals surface area contributed by atoms with E-state index >= 15 is 0 Å². The molecule has 2 aromatic carbocycles. The summed E-state index contributed by atoms with van der Waals surface area (Å²) in [7, 11) is 1.64. The summed E-state index contributed by atoms with van der Waals surface area (Å²) in [6, 6.07) is 17.4. The molecule has 0 aliphatic rings. The lowest BCUT2D eigenvalue weighted by molar-refractivity contribution is 0.216. The van der Waals surface area contributed by atoms with Gasteiger partial charge in [0.05, 0.1) is 12.5 Å². The third-order valence-electron chi connectivity index (χ3n) is 2.91. The Morgan fingerprint density at radius 2 is 1.47 bits per heavy atom. The van der Waals surface area contributed by atoms with Crippen LogP contribution in [0.2, 0.25) is 0 Å². The van der Waals surface area contributed by atoms with Crippen LogP contribution in [0, 0.1) is 0 Å². The average molecular weight is 277 g/mol. The molecule has 2 atom stereocenters. The van der Waals surface area contributed by atoms with Gasteiger partial charge in [0.2, 0.25) is 0 Å². The highest BCUT2D eigenvalue weighted by Gasteiger charge is 2.17. The molecule has 0 spiro atoms. The maximum Gasteiger partial charge on any atom is 0.120 e. The molecule has 0 fully saturated rings. The molecular weight excluding hydrogens is 260 g/mol. The molecule has 0 saturated heterocycles. The van der Waals surface area contributed by atoms with Crippen molar-refractivity contribution >= 4 is 11.6 Å². The zero-order valence-corrected chi connectivity index (χ0v) is 11.8. The second-order valence-electron chi connectivity index (χ2n) is 4.31. The van der Waals surface area contributed by atoms with E-state index in [-0.39, 0.29) is 11.5 Å². The monoisotopic (exact) mass is 276 g/mol. The predicted octanol–water partition coefficient (Wildman–Crippen LogP) is 4.44. The Hall–Kier alpha value is -1.67. The van der Waals surface area contributed by atoms with Crippen molar-refractivity contribution in [2.75, 3.05) is 7.11 Å². The summed E-state index contributed by atoms with van der Waals surface area (Å²) in [5.74, 6) is 1.60. The van der Waals surface area contributed by atoms with Crippen molar-refractivity contribution in [2.45, 2.75) is 18.4 Å². The van der Waals surface area contributed by atoms with Crippen LogP contribution in [0.1, 0.15) is 17.9 Å². The van der Waals surface area contributed by atoms with Gasteiger partial charge in [-0.3, -0.25) is 0 Å². The Bertz CT molecular complexity index is 496. The molecule has 0 radical (unpaired) electrons. The lowest BCUT2D eigenvalue weighted by Gasteiger charge is -2.20. The number of halogens is 1. The molecule has 0 saturated carbocycles. The summed E-state index contributed by atoms with van der Waals surface area (Å²) in [5, 5.41) is -0.177. The summed E-state index contributed by atoms with van der Waals surface area (Å²) in [4.78, 5) is 0. The van der Waals surface area contributed by atoms with Crippen molar-refractivity contribution in [1.29, 1.82) is 0 Å². The summed E-state index contributed by atoms with van der Waals surface area (Å²) in [6.07, 6.45) is -0.113. The van der Waals surface area contributed by atoms with Crippen LogP contribution in [0.15, 0.2) is 54.6 Å². The smallest absolute Gasteiger partial charge is 0.120 e. The zero-order chi connectivity index (χ0) is 13.7. The van der Waals surface area contributed by atoms with Crippen molar-refractivity contribution in [3.8, 4) is 11.5 Å². The standard InChI is InChI=1S/C16H17ClO2/c1-12(16(17)13-6-4-3-5-7-13)19-15-10-8-14(18-2)9-11-15/h3-12,16H,1-2H3. The van der Waals surface area contributed by atoms with Gasteiger partial charge >= 0.3 is 0 Å². The largest absolute Gasteiger partial charge is 0.497 e. The van der Waals surface area contributed by atoms with Gasteiger partial charge in [0, 0.05) is 0 Å². The van der Waals surface area contributed by atoms with Crippen LogP contribution in [-0.2, 0) is 0 Å². The second-order valence-corrected chi connectivity index (χ2v) is 4.78. The minimum atomic E-state index is -0.177. The molecule has 2 aromatic rings. The van der Waals surface area contributed by atoms with Crippen LogP contribution in [0.4, 0.5) is 0 Å². The molecule has 19 heavy (non-hydrogen) atoms. The van der Waals surface area contributed by atoms with Gasteiger partial charge in [-0.15, -0.1) is 11.6 Å². The van der Waals surface area contributed by atoms with Gasteiger partial charge in [0.15, 0.2) is 0 Å². The second kappa shape index (κ2) is 6.48. The lowest BCUT2D eigenvalue weighted by Crippen LogP contribution is -2.18. The molecule has 2 rings (SSSR count). The molecule has 0 amide bonds. The van der Waals surface area contributed by atoms with Crippen LogP contribution in [0.25, 0.3) is 0 Å². The fourth-order valence-corrected chi connectivity index (χ4v) is 2.03. The van der Waals surface area contributed by atoms with Crippen molar-refractivity contribution in [2.24, 2.45) is 0 Å². The van der Waals surface area contributed by atoms with E-state index in [9.17, 15) is 0 Å². The van der Waals surface area contributed by atoms with Gasteiger partial charge in [0.1, 0.15) is 17.6 Å². The van der Waals surface area contributed by atoms with E-state index in [1.807, 2.05) is 61.5 Å². The van der Waals surface area contributed by atoms with Crippen LogP contribution < -0.4 is 9.47 Å². The first kappa shape index (κ1) is 13.8. The van der Waals surface area contributed by atoms with Gasteiger partial charge in [-0.05, 0) is 36.8 Å². The molecule has 0 aliphatic heterocycles. The quantitative estimate of drug-likeness (QED) is 0.752. The minimum Gasteiger partial charge on any atom is -0.497 e. The number of alkyl halides is 1. The zero-order valence-electron chi connectivity index (χ0n) is 11.0. The molecule has 0 heterocycles. The van der Waals surface area contributed by atoms with E-state index in [0.717, 1.165) is 17.1 Å². The summed E-state index contributed by atoms with van der Waals surface area (Å²) >= 11 is 6.42. The van der Waals surface area contributed by atoms with Crippen molar-refractivity contribution in [3.05, 3.63) is 60.2 Å². The van der Waals surface area contributed by atoms with E-state index in [2.05, 4.69) is 0 Å². The van der Waals surface area contributed by atoms with Gasteiger partial charge in [-0.25, -0.2) is 0 Å². The Kier molecular flexibility index (Phi) is 4.69.